The van der Waals surface area contributed by atoms with Crippen LogP contribution in [0.25, 0.3) is 0 Å². The maximum Gasteiger partial charge on any atom is 0.119 e. The molecule has 0 spiro atoms. The lowest BCUT2D eigenvalue weighted by Crippen LogP contribution is -2.44. The van der Waals surface area contributed by atoms with E-state index < -0.39 is 0 Å². The first-order chi connectivity index (χ1) is 11.7. The third-order valence-corrected chi connectivity index (χ3v) is 5.30. The van der Waals surface area contributed by atoms with Gasteiger partial charge in [-0.1, -0.05) is 12.1 Å². The van der Waals surface area contributed by atoms with E-state index >= 15 is 0 Å². The molecule has 1 unspecified atom stereocenters. The summed E-state index contributed by atoms with van der Waals surface area (Å²) in [5.74, 6) is 1.01. The molecule has 4 heteroatoms. The van der Waals surface area contributed by atoms with Crippen LogP contribution >= 0.6 is 0 Å². The molecule has 0 saturated carbocycles. The van der Waals surface area contributed by atoms with Crippen LogP contribution in [-0.4, -0.2) is 42.8 Å². The minimum atomic E-state index is 0.371. The number of benzene rings is 1. The fraction of sp³-hybridized carbons (Fsp3) is 0.700. The van der Waals surface area contributed by atoms with Crippen molar-refractivity contribution in [1.29, 1.82) is 0 Å². The first-order valence-electron chi connectivity index (χ1n) is 9.67. The van der Waals surface area contributed by atoms with Crippen molar-refractivity contribution < 1.29 is 4.74 Å². The minimum absolute atomic E-state index is 0.371. The topological polar surface area (TPSA) is 36.5 Å². The van der Waals surface area contributed by atoms with Crippen LogP contribution in [0, 0.1) is 0 Å². The van der Waals surface area contributed by atoms with Crippen molar-refractivity contribution in [3.8, 4) is 5.75 Å². The van der Waals surface area contributed by atoms with Crippen LogP contribution in [0.3, 0.4) is 0 Å². The highest BCUT2D eigenvalue weighted by atomic mass is 16.5. The van der Waals surface area contributed by atoms with Crippen molar-refractivity contribution in [2.45, 2.75) is 70.8 Å². The van der Waals surface area contributed by atoms with E-state index in [-0.39, 0.29) is 0 Å². The fourth-order valence-corrected chi connectivity index (χ4v) is 3.66. The lowest BCUT2D eigenvalue weighted by atomic mass is 10.1. The molecular weight excluding hydrogens is 298 g/mol. The van der Waals surface area contributed by atoms with Gasteiger partial charge >= 0.3 is 0 Å². The average Bonchev–Trinajstić information content (AvgIpc) is 2.62. The first-order valence-corrected chi connectivity index (χ1v) is 9.67. The van der Waals surface area contributed by atoms with Crippen molar-refractivity contribution in [3.63, 3.8) is 0 Å². The largest absolute Gasteiger partial charge is 0.490 e. The van der Waals surface area contributed by atoms with Crippen LogP contribution in [0.15, 0.2) is 24.3 Å². The minimum Gasteiger partial charge on any atom is -0.490 e. The highest BCUT2D eigenvalue weighted by Gasteiger charge is 2.21. The number of likely N-dealkylation sites (tertiary alicyclic amines) is 1. The summed E-state index contributed by atoms with van der Waals surface area (Å²) in [5.41, 5.74) is 1.32. The van der Waals surface area contributed by atoms with Crippen LogP contribution in [0.5, 0.6) is 5.75 Å². The van der Waals surface area contributed by atoms with Gasteiger partial charge in [-0.15, -0.1) is 0 Å². The normalized spacial score (nSPS) is 23.5. The Kier molecular flexibility index (Phi) is 6.52. The molecule has 1 aromatic rings. The van der Waals surface area contributed by atoms with Gasteiger partial charge in [-0.25, -0.2) is 0 Å². The number of rotatable bonds is 6. The molecule has 2 heterocycles. The summed E-state index contributed by atoms with van der Waals surface area (Å²) in [7, 11) is 0. The number of piperidine rings is 2. The molecule has 1 atom stereocenters. The highest BCUT2D eigenvalue weighted by molar-refractivity contribution is 5.27. The molecule has 134 valence electrons. The monoisotopic (exact) mass is 331 g/mol. The highest BCUT2D eigenvalue weighted by Crippen LogP contribution is 2.20. The number of hydrogen-bond acceptors (Lipinski definition) is 4. The van der Waals surface area contributed by atoms with E-state index in [9.17, 15) is 0 Å². The Morgan fingerprint density at radius 3 is 2.50 bits per heavy atom. The van der Waals surface area contributed by atoms with Gasteiger partial charge in [0.05, 0.1) is 6.17 Å². The van der Waals surface area contributed by atoms with Crippen molar-refractivity contribution in [1.82, 2.24) is 15.5 Å². The summed E-state index contributed by atoms with van der Waals surface area (Å²) in [4.78, 5) is 2.54. The zero-order valence-corrected chi connectivity index (χ0v) is 15.3. The Bertz CT molecular complexity index is 474. The Balaban J connectivity index is 1.41. The zero-order valence-electron chi connectivity index (χ0n) is 15.3. The lowest BCUT2D eigenvalue weighted by molar-refractivity contribution is 0.0843. The summed E-state index contributed by atoms with van der Waals surface area (Å²) in [5, 5.41) is 7.12. The van der Waals surface area contributed by atoms with Crippen LogP contribution in [0.2, 0.25) is 0 Å². The van der Waals surface area contributed by atoms with Gasteiger partial charge in [0, 0.05) is 25.7 Å². The Labute approximate surface area is 147 Å². The Morgan fingerprint density at radius 1 is 1.12 bits per heavy atom. The first kappa shape index (κ1) is 17.7. The van der Waals surface area contributed by atoms with Gasteiger partial charge in [0.1, 0.15) is 11.9 Å². The van der Waals surface area contributed by atoms with Crippen molar-refractivity contribution in [2.24, 2.45) is 0 Å². The van der Waals surface area contributed by atoms with E-state index in [4.69, 9.17) is 4.74 Å². The van der Waals surface area contributed by atoms with Gasteiger partial charge in [0.25, 0.3) is 0 Å². The summed E-state index contributed by atoms with van der Waals surface area (Å²) >= 11 is 0. The molecule has 0 aromatic heterocycles. The van der Waals surface area contributed by atoms with Crippen LogP contribution in [0.4, 0.5) is 0 Å². The molecule has 0 bridgehead atoms. The number of ether oxygens (including phenoxy) is 1. The van der Waals surface area contributed by atoms with Crippen LogP contribution in [-0.2, 0) is 6.54 Å². The SMILES string of the molecule is CC(C)N1CCC(Oc2ccc(CNC3CCCCN3)cc2)CC1. The third-order valence-electron chi connectivity index (χ3n) is 5.30. The average molecular weight is 332 g/mol. The molecule has 4 nitrogen and oxygen atoms in total. The van der Waals surface area contributed by atoms with Gasteiger partial charge in [0.2, 0.25) is 0 Å². The van der Waals surface area contributed by atoms with Crippen molar-refractivity contribution >= 4 is 0 Å². The van der Waals surface area contributed by atoms with E-state index in [2.05, 4.69) is 53.6 Å². The smallest absolute Gasteiger partial charge is 0.119 e. The second-order valence-electron chi connectivity index (χ2n) is 7.47. The van der Waals surface area contributed by atoms with Crippen molar-refractivity contribution in [2.75, 3.05) is 19.6 Å². The van der Waals surface area contributed by atoms with E-state index in [1.54, 1.807) is 0 Å². The van der Waals surface area contributed by atoms with Gasteiger partial charge < -0.3 is 15.0 Å². The summed E-state index contributed by atoms with van der Waals surface area (Å²) < 4.78 is 6.17. The molecule has 2 aliphatic rings. The Hall–Kier alpha value is -1.10. The molecule has 0 radical (unpaired) electrons. The standard InChI is InChI=1S/C20H33N3O/c1-16(2)23-13-10-19(11-14-23)24-18-8-6-17(7-9-18)15-22-20-5-3-4-12-21-20/h6-9,16,19-22H,3-5,10-15H2,1-2H3. The second-order valence-corrected chi connectivity index (χ2v) is 7.47. The maximum absolute atomic E-state index is 6.17. The second kappa shape index (κ2) is 8.84. The van der Waals surface area contributed by atoms with Crippen LogP contribution in [0.1, 0.15) is 51.5 Å². The van der Waals surface area contributed by atoms with Gasteiger partial charge in [-0.2, -0.15) is 0 Å². The van der Waals surface area contributed by atoms with Crippen molar-refractivity contribution in [3.05, 3.63) is 29.8 Å². The quantitative estimate of drug-likeness (QED) is 0.840. The fourth-order valence-electron chi connectivity index (χ4n) is 3.66. The number of nitrogens with zero attached hydrogens (tertiary/aromatic N) is 1. The number of hydrogen-bond donors (Lipinski definition) is 2. The van der Waals surface area contributed by atoms with E-state index in [0.29, 0.717) is 18.3 Å². The molecule has 0 amide bonds. The van der Waals surface area contributed by atoms with Gasteiger partial charge in [0.15, 0.2) is 0 Å². The lowest BCUT2D eigenvalue weighted by Gasteiger charge is -2.34. The molecule has 2 fully saturated rings. The molecule has 2 N–H and O–H groups in total. The molecule has 24 heavy (non-hydrogen) atoms. The molecular formula is C20H33N3O. The summed E-state index contributed by atoms with van der Waals surface area (Å²) in [6.07, 6.45) is 6.98. The predicted octanol–water partition coefficient (Wildman–Crippen LogP) is 3.13. The molecule has 0 aliphatic carbocycles. The van der Waals surface area contributed by atoms with E-state index in [1.165, 1.54) is 24.8 Å². The van der Waals surface area contributed by atoms with E-state index in [0.717, 1.165) is 44.8 Å². The maximum atomic E-state index is 6.17. The van der Waals surface area contributed by atoms with E-state index in [1.807, 2.05) is 0 Å². The number of nitrogens with one attached hydrogen (secondary N) is 2. The molecule has 2 aliphatic heterocycles. The molecule has 1 aromatic carbocycles. The van der Waals surface area contributed by atoms with Crippen LogP contribution < -0.4 is 15.4 Å². The third kappa shape index (κ3) is 5.20. The molecule has 3 rings (SSSR count). The summed E-state index contributed by atoms with van der Waals surface area (Å²) in [6.45, 7) is 8.91. The summed E-state index contributed by atoms with van der Waals surface area (Å²) in [6, 6.07) is 9.28. The van der Waals surface area contributed by atoms with Gasteiger partial charge in [-0.3, -0.25) is 5.32 Å². The Morgan fingerprint density at radius 2 is 1.88 bits per heavy atom. The molecule has 2 saturated heterocycles. The zero-order chi connectivity index (χ0) is 16.8. The van der Waals surface area contributed by atoms with Gasteiger partial charge in [-0.05, 0) is 70.2 Å². The predicted molar refractivity (Wildman–Crippen MR) is 99.3 cm³/mol.